The number of nitrogens with zero attached hydrogens (tertiary/aromatic N) is 2. The highest BCUT2D eigenvalue weighted by molar-refractivity contribution is 5.85. The van der Waals surface area contributed by atoms with Crippen LogP contribution in [0, 0.1) is 0 Å². The third-order valence-corrected chi connectivity index (χ3v) is 5.52. The van der Waals surface area contributed by atoms with Crippen LogP contribution in [0.5, 0.6) is 0 Å². The van der Waals surface area contributed by atoms with Gasteiger partial charge in [0, 0.05) is 31.9 Å². The molecule has 0 bridgehead atoms. The van der Waals surface area contributed by atoms with Gasteiger partial charge in [-0.3, -0.25) is 4.90 Å². The molecule has 0 radical (unpaired) electrons. The van der Waals surface area contributed by atoms with Crippen LogP contribution < -0.4 is 4.90 Å². The Balaban J connectivity index is 0.00000192. The van der Waals surface area contributed by atoms with E-state index in [9.17, 15) is 0 Å². The Labute approximate surface area is 148 Å². The molecule has 0 spiro atoms. The number of hydrogen-bond donors (Lipinski definition) is 0. The summed E-state index contributed by atoms with van der Waals surface area (Å²) in [6.45, 7) is 8.45. The Morgan fingerprint density at radius 1 is 0.957 bits per heavy atom. The van der Waals surface area contributed by atoms with Crippen LogP contribution in [-0.2, 0) is 0 Å². The molecule has 0 unspecified atom stereocenters. The molecule has 1 heterocycles. The molecule has 2 aliphatic rings. The number of piperazine rings is 1. The molecule has 1 saturated heterocycles. The maximum absolute atomic E-state index is 2.65. The minimum absolute atomic E-state index is 0. The predicted octanol–water partition coefficient (Wildman–Crippen LogP) is 5.08. The maximum Gasteiger partial charge on any atom is 0.0402 e. The van der Waals surface area contributed by atoms with Gasteiger partial charge in [-0.25, -0.2) is 0 Å². The van der Waals surface area contributed by atoms with E-state index in [4.69, 9.17) is 0 Å². The molecular formula is C20H33ClN2. The Hall–Kier alpha value is -0.730. The van der Waals surface area contributed by atoms with Crippen molar-refractivity contribution in [2.45, 2.75) is 57.8 Å². The monoisotopic (exact) mass is 336 g/mol. The van der Waals surface area contributed by atoms with E-state index in [0.717, 1.165) is 5.92 Å². The van der Waals surface area contributed by atoms with Gasteiger partial charge in [-0.2, -0.15) is 0 Å². The van der Waals surface area contributed by atoms with Gasteiger partial charge in [0.1, 0.15) is 0 Å². The molecule has 2 fully saturated rings. The zero-order valence-corrected chi connectivity index (χ0v) is 15.5. The van der Waals surface area contributed by atoms with Gasteiger partial charge in [-0.05, 0) is 43.4 Å². The lowest BCUT2D eigenvalue weighted by molar-refractivity contribution is 0.254. The average molecular weight is 337 g/mol. The summed E-state index contributed by atoms with van der Waals surface area (Å²) in [6.07, 6.45) is 9.73. The van der Waals surface area contributed by atoms with Gasteiger partial charge in [0.2, 0.25) is 0 Å². The highest BCUT2D eigenvalue weighted by atomic mass is 35.5. The van der Waals surface area contributed by atoms with Gasteiger partial charge < -0.3 is 4.90 Å². The van der Waals surface area contributed by atoms with E-state index >= 15 is 0 Å². The van der Waals surface area contributed by atoms with E-state index in [0.29, 0.717) is 0 Å². The van der Waals surface area contributed by atoms with Crippen molar-refractivity contribution in [3.05, 3.63) is 29.8 Å². The van der Waals surface area contributed by atoms with Crippen LogP contribution in [0.1, 0.15) is 63.4 Å². The van der Waals surface area contributed by atoms with E-state index in [1.807, 2.05) is 0 Å². The summed E-state index contributed by atoms with van der Waals surface area (Å²) in [6, 6.07) is 9.23. The molecule has 1 aromatic rings. The number of unbranched alkanes of at least 4 members (excludes halogenated alkanes) is 1. The lowest BCUT2D eigenvalue weighted by Gasteiger charge is -2.38. The second-order valence-electron chi connectivity index (χ2n) is 7.08. The minimum Gasteiger partial charge on any atom is -0.369 e. The third kappa shape index (κ3) is 4.87. The Kier molecular flexibility index (Phi) is 7.72. The molecule has 0 amide bonds. The minimum atomic E-state index is 0. The smallest absolute Gasteiger partial charge is 0.0402 e. The zero-order valence-electron chi connectivity index (χ0n) is 14.7. The SMILES string of the molecule is CCCCN1CCN(c2ccccc2C2CCCCC2)CC1.Cl. The van der Waals surface area contributed by atoms with Crippen molar-refractivity contribution in [2.75, 3.05) is 37.6 Å². The van der Waals surface area contributed by atoms with Crippen molar-refractivity contribution in [1.29, 1.82) is 0 Å². The molecule has 3 rings (SSSR count). The summed E-state index contributed by atoms with van der Waals surface area (Å²) in [5.74, 6) is 0.808. The summed E-state index contributed by atoms with van der Waals surface area (Å²) in [5.41, 5.74) is 3.16. The molecule has 0 N–H and O–H groups in total. The van der Waals surface area contributed by atoms with Gasteiger partial charge >= 0.3 is 0 Å². The lowest BCUT2D eigenvalue weighted by atomic mass is 9.83. The van der Waals surface area contributed by atoms with Crippen molar-refractivity contribution in [1.82, 2.24) is 4.90 Å². The summed E-state index contributed by atoms with van der Waals surface area (Å²) >= 11 is 0. The topological polar surface area (TPSA) is 6.48 Å². The second-order valence-corrected chi connectivity index (χ2v) is 7.08. The first-order valence-electron chi connectivity index (χ1n) is 9.44. The van der Waals surface area contributed by atoms with Crippen molar-refractivity contribution in [2.24, 2.45) is 0 Å². The number of para-hydroxylation sites is 1. The molecule has 2 nitrogen and oxygen atoms in total. The van der Waals surface area contributed by atoms with Gasteiger partial charge in [-0.1, -0.05) is 50.8 Å². The van der Waals surface area contributed by atoms with Crippen LogP contribution in [0.15, 0.2) is 24.3 Å². The van der Waals surface area contributed by atoms with Crippen molar-refractivity contribution in [3.63, 3.8) is 0 Å². The normalized spacial score (nSPS) is 20.3. The van der Waals surface area contributed by atoms with Gasteiger partial charge in [0.05, 0.1) is 0 Å². The molecule has 1 saturated carbocycles. The summed E-state index contributed by atoms with van der Waals surface area (Å²) in [4.78, 5) is 5.29. The quantitative estimate of drug-likeness (QED) is 0.740. The first-order chi connectivity index (χ1) is 10.9. The number of halogens is 1. The first-order valence-corrected chi connectivity index (χ1v) is 9.44. The van der Waals surface area contributed by atoms with Crippen LogP contribution in [0.4, 0.5) is 5.69 Å². The van der Waals surface area contributed by atoms with Crippen LogP contribution in [0.2, 0.25) is 0 Å². The van der Waals surface area contributed by atoms with Gasteiger partial charge in [0.25, 0.3) is 0 Å². The van der Waals surface area contributed by atoms with Crippen molar-refractivity contribution in [3.8, 4) is 0 Å². The molecule has 1 aliphatic heterocycles. The number of anilines is 1. The third-order valence-electron chi connectivity index (χ3n) is 5.52. The zero-order chi connectivity index (χ0) is 15.2. The average Bonchev–Trinajstić information content (AvgIpc) is 2.61. The Morgan fingerprint density at radius 3 is 2.35 bits per heavy atom. The largest absolute Gasteiger partial charge is 0.369 e. The molecule has 23 heavy (non-hydrogen) atoms. The van der Waals surface area contributed by atoms with Gasteiger partial charge in [-0.15, -0.1) is 12.4 Å². The summed E-state index contributed by atoms with van der Waals surface area (Å²) in [7, 11) is 0. The van der Waals surface area contributed by atoms with Crippen LogP contribution in [0.3, 0.4) is 0 Å². The highest BCUT2D eigenvalue weighted by Gasteiger charge is 2.23. The molecular weight excluding hydrogens is 304 g/mol. The summed E-state index contributed by atoms with van der Waals surface area (Å²) < 4.78 is 0. The van der Waals surface area contributed by atoms with E-state index in [1.54, 1.807) is 5.56 Å². The number of hydrogen-bond acceptors (Lipinski definition) is 2. The van der Waals surface area contributed by atoms with Crippen LogP contribution >= 0.6 is 12.4 Å². The molecule has 0 aromatic heterocycles. The predicted molar refractivity (Wildman–Crippen MR) is 103 cm³/mol. The highest BCUT2D eigenvalue weighted by Crippen LogP contribution is 2.37. The first kappa shape index (κ1) is 18.6. The Morgan fingerprint density at radius 2 is 1.65 bits per heavy atom. The maximum atomic E-state index is 2.65. The van der Waals surface area contributed by atoms with Crippen LogP contribution in [-0.4, -0.2) is 37.6 Å². The van der Waals surface area contributed by atoms with Gasteiger partial charge in [0.15, 0.2) is 0 Å². The lowest BCUT2D eigenvalue weighted by Crippen LogP contribution is -2.47. The van der Waals surface area contributed by atoms with E-state index < -0.39 is 0 Å². The molecule has 1 aromatic carbocycles. The molecule has 3 heteroatoms. The fourth-order valence-electron chi connectivity index (χ4n) is 4.13. The second kappa shape index (κ2) is 9.54. The van der Waals surface area contributed by atoms with E-state index in [1.165, 1.54) is 83.4 Å². The Bertz CT molecular complexity index is 449. The van der Waals surface area contributed by atoms with Crippen LogP contribution in [0.25, 0.3) is 0 Å². The van der Waals surface area contributed by atoms with E-state index in [-0.39, 0.29) is 12.4 Å². The standard InChI is InChI=1S/C20H32N2.ClH/c1-2-3-13-21-14-16-22(17-15-21)20-12-8-7-11-19(20)18-9-5-4-6-10-18;/h7-8,11-12,18H,2-6,9-10,13-17H2,1H3;1H. The molecule has 1 aliphatic carbocycles. The number of benzene rings is 1. The summed E-state index contributed by atoms with van der Waals surface area (Å²) in [5, 5.41) is 0. The van der Waals surface area contributed by atoms with E-state index in [2.05, 4.69) is 41.0 Å². The molecule has 130 valence electrons. The fourth-order valence-corrected chi connectivity index (χ4v) is 4.13. The number of rotatable bonds is 5. The van der Waals surface area contributed by atoms with Crippen molar-refractivity contribution < 1.29 is 0 Å². The fraction of sp³-hybridized carbons (Fsp3) is 0.700. The molecule has 0 atom stereocenters. The van der Waals surface area contributed by atoms with Crippen molar-refractivity contribution >= 4 is 18.1 Å².